The van der Waals surface area contributed by atoms with E-state index >= 15 is 0 Å². The summed E-state index contributed by atoms with van der Waals surface area (Å²) in [6, 6.07) is 20.9. The number of hydrogen-bond acceptors (Lipinski definition) is 2. The maximum atomic E-state index is 11.7. The van der Waals surface area contributed by atoms with Crippen LogP contribution in [0.2, 0.25) is 0 Å². The van der Waals surface area contributed by atoms with Crippen molar-refractivity contribution in [3.63, 3.8) is 0 Å². The molecule has 0 saturated carbocycles. The second-order valence-corrected chi connectivity index (χ2v) is 5.26. The van der Waals surface area contributed by atoms with Crippen molar-refractivity contribution < 1.29 is 9.53 Å². The molecule has 0 unspecified atom stereocenters. The van der Waals surface area contributed by atoms with Gasteiger partial charge in [-0.1, -0.05) is 60.7 Å². The maximum absolute atomic E-state index is 11.7. The fourth-order valence-electron chi connectivity index (χ4n) is 2.54. The highest BCUT2D eigenvalue weighted by Crippen LogP contribution is 2.27. The first kappa shape index (κ1) is 16.2. The van der Waals surface area contributed by atoms with Gasteiger partial charge in [0.2, 0.25) is 5.91 Å². The number of carbonyl (C=O) groups excluding carboxylic acids is 1. The first-order valence-corrected chi connectivity index (χ1v) is 7.67. The van der Waals surface area contributed by atoms with E-state index in [2.05, 4.69) is 53.8 Å². The zero-order valence-corrected chi connectivity index (χ0v) is 13.0. The third-order valence-corrected chi connectivity index (χ3v) is 3.69. The van der Waals surface area contributed by atoms with Gasteiger partial charge in [0.15, 0.2) is 0 Å². The third-order valence-electron chi connectivity index (χ3n) is 3.69. The van der Waals surface area contributed by atoms with E-state index in [1.807, 2.05) is 12.1 Å². The Balaban J connectivity index is 1.99. The molecule has 0 spiro atoms. The summed E-state index contributed by atoms with van der Waals surface area (Å²) in [5, 5.41) is 2.97. The Labute approximate surface area is 132 Å². The van der Waals surface area contributed by atoms with Gasteiger partial charge in [-0.25, -0.2) is 0 Å². The lowest BCUT2D eigenvalue weighted by Gasteiger charge is -2.18. The molecule has 0 bridgehead atoms. The predicted octanol–water partition coefficient (Wildman–Crippen LogP) is 3.36. The Bertz CT molecular complexity index is 515. The summed E-state index contributed by atoms with van der Waals surface area (Å²) in [5.41, 5.74) is 2.56. The summed E-state index contributed by atoms with van der Waals surface area (Å²) in [6.07, 6.45) is 1.30. The van der Waals surface area contributed by atoms with Gasteiger partial charge in [-0.15, -0.1) is 0 Å². The summed E-state index contributed by atoms with van der Waals surface area (Å²) in [7, 11) is 1.61. The third kappa shape index (κ3) is 5.01. The normalized spacial score (nSPS) is 10.6. The molecule has 22 heavy (non-hydrogen) atoms. The van der Waals surface area contributed by atoms with Crippen molar-refractivity contribution in [2.75, 3.05) is 20.3 Å². The quantitative estimate of drug-likeness (QED) is 0.811. The number of ether oxygens (including phenoxy) is 1. The van der Waals surface area contributed by atoms with Crippen LogP contribution in [0, 0.1) is 0 Å². The number of nitrogens with one attached hydrogen (secondary N) is 1. The van der Waals surface area contributed by atoms with Gasteiger partial charge in [0.1, 0.15) is 0 Å². The van der Waals surface area contributed by atoms with E-state index in [0.717, 1.165) is 6.42 Å². The van der Waals surface area contributed by atoms with E-state index in [1.165, 1.54) is 11.1 Å². The molecule has 1 amide bonds. The van der Waals surface area contributed by atoms with Gasteiger partial charge in [0.05, 0.1) is 6.61 Å². The Hall–Kier alpha value is -2.13. The van der Waals surface area contributed by atoms with Crippen LogP contribution in [0.25, 0.3) is 0 Å². The summed E-state index contributed by atoms with van der Waals surface area (Å²) in [6.45, 7) is 1.13. The van der Waals surface area contributed by atoms with Crippen LogP contribution in [0.4, 0.5) is 0 Å². The van der Waals surface area contributed by atoms with Crippen LogP contribution in [0.1, 0.15) is 29.9 Å². The molecule has 3 nitrogen and oxygen atoms in total. The standard InChI is InChI=1S/C19H23NO2/c1-22-15-13-19(21)20-14-12-18(16-8-4-2-5-9-16)17-10-6-3-7-11-17/h2-11,18H,12-15H2,1H3,(H,20,21). The van der Waals surface area contributed by atoms with Crippen molar-refractivity contribution in [2.24, 2.45) is 0 Å². The van der Waals surface area contributed by atoms with Crippen LogP contribution in [0.15, 0.2) is 60.7 Å². The fraction of sp³-hybridized carbons (Fsp3) is 0.316. The number of carbonyl (C=O) groups is 1. The molecule has 0 aliphatic heterocycles. The average Bonchev–Trinajstić information content (AvgIpc) is 2.58. The maximum Gasteiger partial charge on any atom is 0.222 e. The Kier molecular flexibility index (Phi) is 6.65. The zero-order chi connectivity index (χ0) is 15.6. The molecule has 116 valence electrons. The molecular weight excluding hydrogens is 274 g/mol. The van der Waals surface area contributed by atoms with Gasteiger partial charge >= 0.3 is 0 Å². The minimum Gasteiger partial charge on any atom is -0.384 e. The molecule has 1 N–H and O–H groups in total. The molecule has 2 aromatic carbocycles. The van der Waals surface area contributed by atoms with Crippen LogP contribution in [0.3, 0.4) is 0 Å². The minimum absolute atomic E-state index is 0.0433. The molecule has 0 aliphatic rings. The minimum atomic E-state index is 0.0433. The molecule has 0 saturated heterocycles. The SMILES string of the molecule is COCCC(=O)NCCC(c1ccccc1)c1ccccc1. The van der Waals surface area contributed by atoms with Gasteiger partial charge in [-0.3, -0.25) is 4.79 Å². The van der Waals surface area contributed by atoms with Gasteiger partial charge in [0.25, 0.3) is 0 Å². The van der Waals surface area contributed by atoms with E-state index < -0.39 is 0 Å². The number of amides is 1. The van der Waals surface area contributed by atoms with E-state index in [1.54, 1.807) is 7.11 Å². The Morgan fingerprint density at radius 3 is 2.05 bits per heavy atom. The summed E-state index contributed by atoms with van der Waals surface area (Å²) in [5.74, 6) is 0.340. The molecular formula is C19H23NO2. The van der Waals surface area contributed by atoms with Crippen molar-refractivity contribution in [2.45, 2.75) is 18.8 Å². The van der Waals surface area contributed by atoms with Crippen molar-refractivity contribution in [1.82, 2.24) is 5.32 Å². The lowest BCUT2D eigenvalue weighted by Crippen LogP contribution is -2.26. The fourth-order valence-corrected chi connectivity index (χ4v) is 2.54. The molecule has 0 heterocycles. The first-order chi connectivity index (χ1) is 10.8. The Morgan fingerprint density at radius 2 is 1.55 bits per heavy atom. The smallest absolute Gasteiger partial charge is 0.222 e. The average molecular weight is 297 g/mol. The number of hydrogen-bond donors (Lipinski definition) is 1. The lowest BCUT2D eigenvalue weighted by molar-refractivity contribution is -0.121. The largest absolute Gasteiger partial charge is 0.384 e. The van der Waals surface area contributed by atoms with Gasteiger partial charge in [-0.2, -0.15) is 0 Å². The monoisotopic (exact) mass is 297 g/mol. The van der Waals surface area contributed by atoms with Crippen LogP contribution in [-0.2, 0) is 9.53 Å². The van der Waals surface area contributed by atoms with E-state index in [-0.39, 0.29) is 5.91 Å². The lowest BCUT2D eigenvalue weighted by atomic mass is 9.88. The second-order valence-electron chi connectivity index (χ2n) is 5.26. The highest BCUT2D eigenvalue weighted by Gasteiger charge is 2.13. The van der Waals surface area contributed by atoms with Crippen LogP contribution < -0.4 is 5.32 Å². The van der Waals surface area contributed by atoms with Crippen LogP contribution in [0.5, 0.6) is 0 Å². The molecule has 0 radical (unpaired) electrons. The first-order valence-electron chi connectivity index (χ1n) is 7.67. The molecule has 0 atom stereocenters. The molecule has 3 heteroatoms. The van der Waals surface area contributed by atoms with Gasteiger partial charge in [-0.05, 0) is 17.5 Å². The van der Waals surface area contributed by atoms with Crippen LogP contribution in [-0.4, -0.2) is 26.2 Å². The highest BCUT2D eigenvalue weighted by molar-refractivity contribution is 5.75. The van der Waals surface area contributed by atoms with E-state index in [4.69, 9.17) is 4.74 Å². The summed E-state index contributed by atoms with van der Waals surface area (Å²) in [4.78, 5) is 11.7. The molecule has 0 fully saturated rings. The van der Waals surface area contributed by atoms with Crippen molar-refractivity contribution in [3.05, 3.63) is 71.8 Å². The molecule has 2 rings (SSSR count). The topological polar surface area (TPSA) is 38.3 Å². The Morgan fingerprint density at radius 1 is 1.00 bits per heavy atom. The number of methoxy groups -OCH3 is 1. The van der Waals surface area contributed by atoms with E-state index in [0.29, 0.717) is 25.5 Å². The van der Waals surface area contributed by atoms with Gasteiger partial charge < -0.3 is 10.1 Å². The predicted molar refractivity (Wildman–Crippen MR) is 88.8 cm³/mol. The van der Waals surface area contributed by atoms with Crippen molar-refractivity contribution in [1.29, 1.82) is 0 Å². The van der Waals surface area contributed by atoms with Crippen LogP contribution >= 0.6 is 0 Å². The number of benzene rings is 2. The molecule has 0 aromatic heterocycles. The van der Waals surface area contributed by atoms with Crippen molar-refractivity contribution in [3.8, 4) is 0 Å². The highest BCUT2D eigenvalue weighted by atomic mass is 16.5. The van der Waals surface area contributed by atoms with Gasteiger partial charge in [0, 0.05) is 26.0 Å². The number of rotatable bonds is 8. The summed E-state index contributed by atoms with van der Waals surface area (Å²) >= 11 is 0. The molecule has 2 aromatic rings. The molecule has 0 aliphatic carbocycles. The van der Waals surface area contributed by atoms with Crippen molar-refractivity contribution >= 4 is 5.91 Å². The zero-order valence-electron chi connectivity index (χ0n) is 13.0. The van der Waals surface area contributed by atoms with E-state index in [9.17, 15) is 4.79 Å². The second kappa shape index (κ2) is 9.00. The summed E-state index contributed by atoms with van der Waals surface area (Å²) < 4.78 is 4.92.